The fourth-order valence-corrected chi connectivity index (χ4v) is 3.36. The highest BCUT2D eigenvalue weighted by Gasteiger charge is 2.24. The van der Waals surface area contributed by atoms with E-state index in [9.17, 15) is 9.18 Å². The maximum absolute atomic E-state index is 13.3. The van der Waals surface area contributed by atoms with E-state index in [0.29, 0.717) is 53.4 Å². The maximum atomic E-state index is 13.3. The number of carbonyl (C=O) groups excluding carboxylic acids is 1. The first-order chi connectivity index (χ1) is 12.5. The topological polar surface area (TPSA) is 63.9 Å². The Morgan fingerprint density at radius 2 is 1.88 bits per heavy atom. The number of carbonyl (C=O) groups is 1. The number of alkyl halides is 1. The van der Waals surface area contributed by atoms with E-state index in [0.717, 1.165) is 5.69 Å². The van der Waals surface area contributed by atoms with Crippen molar-refractivity contribution in [2.24, 2.45) is 0 Å². The average molecular weight is 374 g/mol. The van der Waals surface area contributed by atoms with Crippen LogP contribution in [0, 0.1) is 6.92 Å². The number of aromatic nitrogens is 4. The predicted molar refractivity (Wildman–Crippen MR) is 96.4 cm³/mol. The highest BCUT2D eigenvalue weighted by atomic mass is 35.5. The minimum atomic E-state index is -0.820. The van der Waals surface area contributed by atoms with E-state index in [2.05, 4.69) is 15.0 Å². The number of halogens is 2. The summed E-state index contributed by atoms with van der Waals surface area (Å²) in [5.74, 6) is 0.531. The standard InChI is InChI=1S/C18H17ClFN5O/c1-11-21-8-14(9-22-11)25-10-16(19)15-6-12(7-23-17(15)25)18(26)24-4-2-13(20)3-5-24/h6-10,13H,2-5H2,1H3. The van der Waals surface area contributed by atoms with Crippen LogP contribution in [0.1, 0.15) is 29.0 Å². The molecule has 0 aromatic carbocycles. The molecule has 1 saturated heterocycles. The van der Waals surface area contributed by atoms with Gasteiger partial charge in [0.15, 0.2) is 0 Å². The lowest BCUT2D eigenvalue weighted by Gasteiger charge is -2.28. The molecular weight excluding hydrogens is 357 g/mol. The van der Waals surface area contributed by atoms with Gasteiger partial charge in [0.05, 0.1) is 28.7 Å². The van der Waals surface area contributed by atoms with Gasteiger partial charge >= 0.3 is 0 Å². The Morgan fingerprint density at radius 3 is 2.58 bits per heavy atom. The third-order valence-electron chi connectivity index (χ3n) is 4.60. The van der Waals surface area contributed by atoms with Gasteiger partial charge in [0.25, 0.3) is 5.91 Å². The minimum absolute atomic E-state index is 0.145. The van der Waals surface area contributed by atoms with Crippen molar-refractivity contribution in [3.63, 3.8) is 0 Å². The van der Waals surface area contributed by atoms with Crippen LogP contribution in [0.4, 0.5) is 4.39 Å². The summed E-state index contributed by atoms with van der Waals surface area (Å²) >= 11 is 6.36. The van der Waals surface area contributed by atoms with Gasteiger partial charge in [-0.2, -0.15) is 0 Å². The number of nitrogens with zero attached hydrogens (tertiary/aromatic N) is 5. The van der Waals surface area contributed by atoms with Crippen LogP contribution in [-0.4, -0.2) is 49.6 Å². The number of amides is 1. The summed E-state index contributed by atoms with van der Waals surface area (Å²) in [6.45, 7) is 2.66. The van der Waals surface area contributed by atoms with Crippen LogP contribution in [0.5, 0.6) is 0 Å². The zero-order valence-electron chi connectivity index (χ0n) is 14.2. The number of likely N-dealkylation sites (tertiary alicyclic amines) is 1. The smallest absolute Gasteiger partial charge is 0.255 e. The number of pyridine rings is 1. The van der Waals surface area contributed by atoms with Gasteiger partial charge in [-0.1, -0.05) is 11.6 Å². The molecule has 4 rings (SSSR count). The van der Waals surface area contributed by atoms with Crippen molar-refractivity contribution in [3.8, 4) is 5.69 Å². The lowest BCUT2D eigenvalue weighted by molar-refractivity contribution is 0.0667. The lowest BCUT2D eigenvalue weighted by Crippen LogP contribution is -2.39. The Morgan fingerprint density at radius 1 is 1.19 bits per heavy atom. The molecule has 8 heteroatoms. The first-order valence-corrected chi connectivity index (χ1v) is 8.79. The van der Waals surface area contributed by atoms with Gasteiger partial charge in [-0.15, -0.1) is 0 Å². The Bertz CT molecular complexity index is 964. The van der Waals surface area contributed by atoms with E-state index >= 15 is 0 Å². The van der Waals surface area contributed by atoms with E-state index < -0.39 is 6.17 Å². The van der Waals surface area contributed by atoms with Crippen molar-refractivity contribution >= 4 is 28.5 Å². The molecule has 3 aromatic rings. The Labute approximate surface area is 154 Å². The molecule has 6 nitrogen and oxygen atoms in total. The van der Waals surface area contributed by atoms with Crippen LogP contribution in [0.2, 0.25) is 5.02 Å². The molecule has 4 heterocycles. The van der Waals surface area contributed by atoms with Crippen molar-refractivity contribution in [2.45, 2.75) is 25.9 Å². The lowest BCUT2D eigenvalue weighted by atomic mass is 10.1. The molecule has 134 valence electrons. The van der Waals surface area contributed by atoms with Gasteiger partial charge in [0, 0.05) is 30.9 Å². The summed E-state index contributed by atoms with van der Waals surface area (Å²) in [6.07, 6.45) is 6.60. The molecule has 0 bridgehead atoms. The van der Waals surface area contributed by atoms with Gasteiger partial charge in [-0.25, -0.2) is 19.3 Å². The van der Waals surface area contributed by atoms with E-state index in [1.54, 1.807) is 34.1 Å². The van der Waals surface area contributed by atoms with Gasteiger partial charge in [-0.3, -0.25) is 9.36 Å². The molecule has 0 spiro atoms. The molecule has 0 saturated carbocycles. The molecule has 0 N–H and O–H groups in total. The van der Waals surface area contributed by atoms with Gasteiger partial charge < -0.3 is 4.90 Å². The van der Waals surface area contributed by atoms with E-state index in [4.69, 9.17) is 11.6 Å². The first-order valence-electron chi connectivity index (χ1n) is 8.42. The molecule has 0 unspecified atom stereocenters. The number of piperidine rings is 1. The fourth-order valence-electron chi connectivity index (χ4n) is 3.13. The monoisotopic (exact) mass is 373 g/mol. The van der Waals surface area contributed by atoms with Gasteiger partial charge in [0.2, 0.25) is 0 Å². The van der Waals surface area contributed by atoms with Crippen LogP contribution < -0.4 is 0 Å². The molecule has 0 radical (unpaired) electrons. The second-order valence-corrected chi connectivity index (χ2v) is 6.80. The number of hydrogen-bond acceptors (Lipinski definition) is 4. The normalized spacial score (nSPS) is 15.6. The van der Waals surface area contributed by atoms with Crippen molar-refractivity contribution in [1.82, 2.24) is 24.4 Å². The SMILES string of the molecule is Cc1ncc(-n2cc(Cl)c3cc(C(=O)N4CCC(F)CC4)cnc32)cn1. The molecule has 1 aliphatic rings. The van der Waals surface area contributed by atoms with Crippen LogP contribution in [0.25, 0.3) is 16.7 Å². The van der Waals surface area contributed by atoms with Crippen LogP contribution in [-0.2, 0) is 0 Å². The Balaban J connectivity index is 1.69. The first kappa shape index (κ1) is 16.9. The van der Waals surface area contributed by atoms with Crippen molar-refractivity contribution in [3.05, 3.63) is 47.3 Å². The predicted octanol–water partition coefficient (Wildman–Crippen LogP) is 3.35. The van der Waals surface area contributed by atoms with Crippen molar-refractivity contribution < 1.29 is 9.18 Å². The maximum Gasteiger partial charge on any atom is 0.255 e. The largest absolute Gasteiger partial charge is 0.338 e. The highest BCUT2D eigenvalue weighted by molar-refractivity contribution is 6.35. The molecule has 26 heavy (non-hydrogen) atoms. The summed E-state index contributed by atoms with van der Waals surface area (Å²) in [4.78, 5) is 27.1. The number of hydrogen-bond donors (Lipinski definition) is 0. The van der Waals surface area contributed by atoms with Gasteiger partial charge in [0.1, 0.15) is 17.6 Å². The molecule has 0 aliphatic carbocycles. The summed E-state index contributed by atoms with van der Waals surface area (Å²) in [6, 6.07) is 1.74. The van der Waals surface area contributed by atoms with E-state index in [1.165, 1.54) is 6.20 Å². The summed E-state index contributed by atoms with van der Waals surface area (Å²) in [5, 5.41) is 1.17. The Kier molecular flexibility index (Phi) is 4.32. The molecular formula is C18H17ClFN5O. The van der Waals surface area contributed by atoms with Crippen LogP contribution >= 0.6 is 11.6 Å². The van der Waals surface area contributed by atoms with Crippen LogP contribution in [0.3, 0.4) is 0 Å². The summed E-state index contributed by atoms with van der Waals surface area (Å²) in [7, 11) is 0. The average Bonchev–Trinajstić information content (AvgIpc) is 2.99. The molecule has 1 fully saturated rings. The van der Waals surface area contributed by atoms with E-state index in [1.807, 2.05) is 6.92 Å². The third-order valence-corrected chi connectivity index (χ3v) is 4.90. The van der Waals surface area contributed by atoms with Gasteiger partial charge in [-0.05, 0) is 25.8 Å². The van der Waals surface area contributed by atoms with Crippen molar-refractivity contribution in [2.75, 3.05) is 13.1 Å². The number of aryl methyl sites for hydroxylation is 1. The molecule has 3 aromatic heterocycles. The molecule has 0 atom stereocenters. The third kappa shape index (κ3) is 3.03. The fraction of sp³-hybridized carbons (Fsp3) is 0.333. The minimum Gasteiger partial charge on any atom is -0.338 e. The zero-order valence-corrected chi connectivity index (χ0v) is 14.9. The van der Waals surface area contributed by atoms with E-state index in [-0.39, 0.29) is 5.91 Å². The number of fused-ring (bicyclic) bond motifs is 1. The van der Waals surface area contributed by atoms with Crippen LogP contribution in [0.15, 0.2) is 30.9 Å². The summed E-state index contributed by atoms with van der Waals surface area (Å²) in [5.41, 5.74) is 1.82. The second-order valence-electron chi connectivity index (χ2n) is 6.40. The zero-order chi connectivity index (χ0) is 18.3. The molecule has 1 aliphatic heterocycles. The second kappa shape index (κ2) is 6.64. The highest BCUT2D eigenvalue weighted by Crippen LogP contribution is 2.28. The quantitative estimate of drug-likeness (QED) is 0.691. The number of rotatable bonds is 2. The Hall–Kier alpha value is -2.54. The van der Waals surface area contributed by atoms with Crippen molar-refractivity contribution in [1.29, 1.82) is 0 Å². The summed E-state index contributed by atoms with van der Waals surface area (Å²) < 4.78 is 15.1. The molecule has 1 amide bonds.